The Bertz CT molecular complexity index is 2880. The third-order valence-electron chi connectivity index (χ3n) is 12.6. The fourth-order valence-corrected chi connectivity index (χ4v) is 11.4. The first-order valence-corrected chi connectivity index (χ1v) is 28.7. The first kappa shape index (κ1) is 40.2. The summed E-state index contributed by atoms with van der Waals surface area (Å²) in [7, 11) is -2.85. The quantitative estimate of drug-likeness (QED) is 0.100. The first-order valence-electron chi connectivity index (χ1n) is 21.7. The number of fused-ring (bicyclic) bond motifs is 4. The largest absolute Gasteiger partial charge is 0.310 e. The standard InChI is InChI=1S/C57H56N2Si2/c1-57(2)54-39-41(24-36-51(54)52-37-31-47(40-55(52)57)58(43-17-11-9-12-18-43)45-27-32-48(33-28-45)60(3,4)5)23-25-42-26-38-56(53-22-16-15-21-50(42)53)59(44-19-13-10-14-20-44)46-29-34-49(35-30-46)61(6,7)8/h9-40H,1-8H3/b25-23+. The summed E-state index contributed by atoms with van der Waals surface area (Å²) in [5, 5.41) is 5.39. The van der Waals surface area contributed by atoms with E-state index in [-0.39, 0.29) is 5.41 Å². The number of rotatable bonds is 10. The molecular weight excluding hydrogens is 769 g/mol. The van der Waals surface area contributed by atoms with E-state index < -0.39 is 16.1 Å². The molecule has 302 valence electrons. The number of nitrogens with zero attached hydrogens (tertiary/aromatic N) is 2. The molecule has 0 aliphatic heterocycles. The van der Waals surface area contributed by atoms with Crippen LogP contribution in [-0.2, 0) is 5.41 Å². The Labute approximate surface area is 365 Å². The van der Waals surface area contributed by atoms with Crippen molar-refractivity contribution in [2.75, 3.05) is 9.80 Å². The molecule has 4 heteroatoms. The van der Waals surface area contributed by atoms with Gasteiger partial charge >= 0.3 is 0 Å². The second-order valence-corrected chi connectivity index (χ2v) is 29.3. The maximum atomic E-state index is 2.43. The lowest BCUT2D eigenvalue weighted by atomic mass is 9.81. The minimum atomic E-state index is -1.43. The van der Waals surface area contributed by atoms with E-state index in [0.29, 0.717) is 0 Å². The predicted octanol–water partition coefficient (Wildman–Crippen LogP) is 15.3. The van der Waals surface area contributed by atoms with E-state index in [0.717, 1.165) is 11.4 Å². The summed E-state index contributed by atoms with van der Waals surface area (Å²) in [6.45, 7) is 19.2. The summed E-state index contributed by atoms with van der Waals surface area (Å²) in [4.78, 5) is 4.80. The van der Waals surface area contributed by atoms with Gasteiger partial charge in [0.25, 0.3) is 0 Å². The van der Waals surface area contributed by atoms with Crippen LogP contribution in [0, 0.1) is 0 Å². The van der Waals surface area contributed by atoms with E-state index in [4.69, 9.17) is 0 Å². The highest BCUT2D eigenvalue weighted by Gasteiger charge is 2.36. The van der Waals surface area contributed by atoms with Crippen LogP contribution in [0.25, 0.3) is 34.1 Å². The Balaban J connectivity index is 1.05. The van der Waals surface area contributed by atoms with Crippen molar-refractivity contribution < 1.29 is 0 Å². The smallest absolute Gasteiger partial charge is 0.0775 e. The Morgan fingerprint density at radius 1 is 0.393 bits per heavy atom. The van der Waals surface area contributed by atoms with Gasteiger partial charge in [-0.2, -0.15) is 0 Å². The minimum Gasteiger partial charge on any atom is -0.310 e. The minimum absolute atomic E-state index is 0.170. The van der Waals surface area contributed by atoms with Gasteiger partial charge in [0.1, 0.15) is 0 Å². The zero-order chi connectivity index (χ0) is 42.5. The Kier molecular flexibility index (Phi) is 10.3. The summed E-state index contributed by atoms with van der Waals surface area (Å²) in [6.07, 6.45) is 4.58. The zero-order valence-electron chi connectivity index (χ0n) is 36.9. The lowest BCUT2D eigenvalue weighted by molar-refractivity contribution is 0.660. The lowest BCUT2D eigenvalue weighted by Crippen LogP contribution is -2.37. The molecule has 0 unspecified atom stereocenters. The van der Waals surface area contributed by atoms with Crippen LogP contribution in [-0.4, -0.2) is 16.1 Å². The SMILES string of the molecule is CC1(C)c2cc(/C=C/c3ccc(N(c4ccccc4)c4ccc([Si](C)(C)C)cc4)c4ccccc34)ccc2-c2ccc(N(c3ccccc3)c3ccc([Si](C)(C)C)cc3)cc21. The normalized spacial score (nSPS) is 13.3. The topological polar surface area (TPSA) is 6.48 Å². The molecule has 0 bridgehead atoms. The second-order valence-electron chi connectivity index (χ2n) is 19.1. The summed E-state index contributed by atoms with van der Waals surface area (Å²) < 4.78 is 0. The van der Waals surface area contributed by atoms with Gasteiger partial charge in [-0.1, -0.05) is 191 Å². The summed E-state index contributed by atoms with van der Waals surface area (Å²) >= 11 is 0. The lowest BCUT2D eigenvalue weighted by Gasteiger charge is -2.28. The van der Waals surface area contributed by atoms with Crippen LogP contribution >= 0.6 is 0 Å². The van der Waals surface area contributed by atoms with Gasteiger partial charge in [-0.3, -0.25) is 0 Å². The van der Waals surface area contributed by atoms with E-state index in [2.05, 4.69) is 257 Å². The Morgan fingerprint density at radius 3 is 1.43 bits per heavy atom. The fraction of sp³-hybridized carbons (Fsp3) is 0.158. The molecule has 0 spiro atoms. The molecule has 0 atom stereocenters. The highest BCUT2D eigenvalue weighted by molar-refractivity contribution is 6.89. The monoisotopic (exact) mass is 824 g/mol. The maximum Gasteiger partial charge on any atom is 0.0775 e. The van der Waals surface area contributed by atoms with Gasteiger partial charge in [-0.15, -0.1) is 0 Å². The van der Waals surface area contributed by atoms with Crippen molar-refractivity contribution in [1.82, 2.24) is 0 Å². The van der Waals surface area contributed by atoms with Crippen LogP contribution < -0.4 is 20.2 Å². The van der Waals surface area contributed by atoms with Gasteiger partial charge < -0.3 is 9.80 Å². The number of para-hydroxylation sites is 2. The zero-order valence-corrected chi connectivity index (χ0v) is 38.9. The molecular formula is C57H56N2Si2. The van der Waals surface area contributed by atoms with Crippen molar-refractivity contribution in [2.24, 2.45) is 0 Å². The molecule has 0 saturated carbocycles. The molecule has 0 radical (unpaired) electrons. The summed E-state index contributed by atoms with van der Waals surface area (Å²) in [5.41, 5.74) is 14.6. The predicted molar refractivity (Wildman–Crippen MR) is 272 cm³/mol. The molecule has 1 aliphatic carbocycles. The maximum absolute atomic E-state index is 2.43. The van der Waals surface area contributed by atoms with Gasteiger partial charge in [0.15, 0.2) is 0 Å². The van der Waals surface area contributed by atoms with E-state index in [1.54, 1.807) is 0 Å². The van der Waals surface area contributed by atoms with Crippen molar-refractivity contribution >= 4 is 83.6 Å². The van der Waals surface area contributed by atoms with Gasteiger partial charge in [0.05, 0.1) is 21.8 Å². The molecule has 61 heavy (non-hydrogen) atoms. The van der Waals surface area contributed by atoms with Crippen molar-refractivity contribution in [1.29, 1.82) is 0 Å². The van der Waals surface area contributed by atoms with E-state index >= 15 is 0 Å². The van der Waals surface area contributed by atoms with Gasteiger partial charge in [-0.05, 0) is 105 Å². The van der Waals surface area contributed by atoms with Gasteiger partial charge in [-0.25, -0.2) is 0 Å². The Hall–Kier alpha value is -6.21. The van der Waals surface area contributed by atoms with Gasteiger partial charge in [0, 0.05) is 39.2 Å². The number of hydrogen-bond acceptors (Lipinski definition) is 2. The first-order chi connectivity index (χ1) is 29.3. The van der Waals surface area contributed by atoms with E-state index in [1.165, 1.54) is 77.3 Å². The molecule has 0 fully saturated rings. The van der Waals surface area contributed by atoms with E-state index in [9.17, 15) is 0 Å². The molecule has 0 aromatic heterocycles. The average molecular weight is 825 g/mol. The second kappa shape index (κ2) is 15.7. The molecule has 2 nitrogen and oxygen atoms in total. The van der Waals surface area contributed by atoms with Crippen LogP contribution in [0.5, 0.6) is 0 Å². The van der Waals surface area contributed by atoms with Crippen LogP contribution in [0.3, 0.4) is 0 Å². The average Bonchev–Trinajstić information content (AvgIpc) is 3.48. The van der Waals surface area contributed by atoms with Crippen molar-refractivity contribution in [3.05, 3.63) is 204 Å². The van der Waals surface area contributed by atoms with Crippen LogP contribution in [0.2, 0.25) is 39.3 Å². The third-order valence-corrected chi connectivity index (χ3v) is 16.7. The highest BCUT2D eigenvalue weighted by atomic mass is 28.3. The third kappa shape index (κ3) is 7.71. The molecule has 9 rings (SSSR count). The van der Waals surface area contributed by atoms with Crippen molar-refractivity contribution in [3.8, 4) is 11.1 Å². The molecule has 0 amide bonds. The van der Waals surface area contributed by atoms with Crippen LogP contribution in [0.15, 0.2) is 182 Å². The Morgan fingerprint density at radius 2 is 0.852 bits per heavy atom. The molecule has 8 aromatic rings. The van der Waals surface area contributed by atoms with Crippen molar-refractivity contribution in [2.45, 2.75) is 58.5 Å². The molecule has 0 N–H and O–H groups in total. The molecule has 8 aromatic carbocycles. The molecule has 1 aliphatic rings. The summed E-state index contributed by atoms with van der Waals surface area (Å²) in [6, 6.07) is 67.6. The van der Waals surface area contributed by atoms with Crippen LogP contribution in [0.1, 0.15) is 36.1 Å². The molecule has 0 heterocycles. The fourth-order valence-electron chi connectivity index (χ4n) is 9.07. The molecule has 0 saturated heterocycles. The van der Waals surface area contributed by atoms with Crippen LogP contribution in [0.4, 0.5) is 34.1 Å². The van der Waals surface area contributed by atoms with Gasteiger partial charge in [0.2, 0.25) is 0 Å². The number of hydrogen-bond donors (Lipinski definition) is 0. The van der Waals surface area contributed by atoms with E-state index in [1.807, 2.05) is 0 Å². The number of benzene rings is 8. The van der Waals surface area contributed by atoms with Crippen molar-refractivity contribution in [3.63, 3.8) is 0 Å². The highest BCUT2D eigenvalue weighted by Crippen LogP contribution is 2.51. The summed E-state index contributed by atoms with van der Waals surface area (Å²) in [5.74, 6) is 0. The number of anilines is 6.